The Morgan fingerprint density at radius 3 is 2.52 bits per heavy atom. The highest BCUT2D eigenvalue weighted by Gasteiger charge is 2.30. The highest BCUT2D eigenvalue weighted by molar-refractivity contribution is 8.00. The van der Waals surface area contributed by atoms with Crippen molar-refractivity contribution in [1.82, 2.24) is 9.78 Å². The highest BCUT2D eigenvalue weighted by Crippen LogP contribution is 2.40. The van der Waals surface area contributed by atoms with Gasteiger partial charge < -0.3 is 10.1 Å². The van der Waals surface area contributed by atoms with Crippen molar-refractivity contribution in [1.29, 1.82) is 0 Å². The number of fused-ring (bicyclic) bond motifs is 1. The maximum Gasteiger partial charge on any atom is 0.270 e. The van der Waals surface area contributed by atoms with Crippen molar-refractivity contribution >= 4 is 23.5 Å². The normalized spacial score (nSPS) is 16.2. The minimum absolute atomic E-state index is 0.0317. The van der Waals surface area contributed by atoms with Crippen LogP contribution in [0.2, 0.25) is 0 Å². The summed E-state index contributed by atoms with van der Waals surface area (Å²) in [4.78, 5) is 24.9. The molecule has 3 aromatic rings. The van der Waals surface area contributed by atoms with Gasteiger partial charge in [-0.05, 0) is 37.1 Å². The third-order valence-corrected chi connectivity index (χ3v) is 6.08. The van der Waals surface area contributed by atoms with E-state index in [4.69, 9.17) is 4.74 Å². The second-order valence-corrected chi connectivity index (χ2v) is 8.34. The van der Waals surface area contributed by atoms with Gasteiger partial charge in [0.2, 0.25) is 5.91 Å². The fraction of sp³-hybridized carbons (Fsp3) is 0.273. The molecule has 29 heavy (non-hydrogen) atoms. The SMILES string of the molecule is CC(C)n1[nH]c(=O)c2c1NC(=O)CS[C@H]2c1ccc(OCc2ccccc2)cc1. The molecule has 0 fully saturated rings. The number of aromatic nitrogens is 2. The number of rotatable bonds is 5. The van der Waals surface area contributed by atoms with Gasteiger partial charge in [-0.2, -0.15) is 0 Å². The van der Waals surface area contributed by atoms with Crippen LogP contribution in [0.5, 0.6) is 5.75 Å². The van der Waals surface area contributed by atoms with Crippen molar-refractivity contribution in [3.8, 4) is 5.75 Å². The number of benzene rings is 2. The zero-order valence-corrected chi connectivity index (χ0v) is 17.2. The van der Waals surface area contributed by atoms with Gasteiger partial charge >= 0.3 is 0 Å². The fourth-order valence-corrected chi connectivity index (χ4v) is 4.50. The molecule has 0 unspecified atom stereocenters. The molecule has 6 nitrogen and oxygen atoms in total. The smallest absolute Gasteiger partial charge is 0.270 e. The van der Waals surface area contributed by atoms with Gasteiger partial charge in [-0.1, -0.05) is 42.5 Å². The maximum atomic E-state index is 12.7. The van der Waals surface area contributed by atoms with Crippen molar-refractivity contribution in [3.05, 3.63) is 81.6 Å². The number of aromatic amines is 1. The Labute approximate surface area is 173 Å². The molecule has 0 bridgehead atoms. The van der Waals surface area contributed by atoms with Gasteiger partial charge in [-0.15, -0.1) is 11.8 Å². The minimum atomic E-state index is -0.226. The molecule has 0 spiro atoms. The quantitative estimate of drug-likeness (QED) is 0.665. The van der Waals surface area contributed by atoms with E-state index >= 15 is 0 Å². The summed E-state index contributed by atoms with van der Waals surface area (Å²) < 4.78 is 7.59. The zero-order chi connectivity index (χ0) is 20.4. The van der Waals surface area contributed by atoms with Crippen LogP contribution in [0.15, 0.2) is 59.4 Å². The fourth-order valence-electron chi connectivity index (χ4n) is 3.37. The molecule has 0 saturated heterocycles. The molecule has 7 heteroatoms. The Morgan fingerprint density at radius 2 is 1.83 bits per heavy atom. The number of anilines is 1. The summed E-state index contributed by atoms with van der Waals surface area (Å²) in [7, 11) is 0. The number of thioether (sulfide) groups is 1. The predicted octanol–water partition coefficient (Wildman–Crippen LogP) is 4.11. The van der Waals surface area contributed by atoms with E-state index in [1.807, 2.05) is 68.4 Å². The van der Waals surface area contributed by atoms with Crippen LogP contribution in [-0.4, -0.2) is 21.4 Å². The Morgan fingerprint density at radius 1 is 1.10 bits per heavy atom. The van der Waals surface area contributed by atoms with Gasteiger partial charge in [0.25, 0.3) is 5.56 Å². The van der Waals surface area contributed by atoms with E-state index in [1.165, 1.54) is 11.8 Å². The van der Waals surface area contributed by atoms with Crippen LogP contribution in [0, 0.1) is 0 Å². The van der Waals surface area contributed by atoms with Gasteiger partial charge in [-0.25, -0.2) is 0 Å². The van der Waals surface area contributed by atoms with Crippen LogP contribution in [0.1, 0.15) is 41.8 Å². The van der Waals surface area contributed by atoms with E-state index in [9.17, 15) is 9.59 Å². The standard InChI is InChI=1S/C22H23N3O3S/c1-14(2)25-21-19(22(27)24-25)20(29-13-18(26)23-21)16-8-10-17(11-9-16)28-12-15-6-4-3-5-7-15/h3-11,14,20H,12-13H2,1-2H3,(H,23,26)(H,24,27)/t20-/m0/s1. The molecule has 150 valence electrons. The Balaban J connectivity index is 1.60. The summed E-state index contributed by atoms with van der Waals surface area (Å²) in [5.41, 5.74) is 2.49. The molecule has 0 aliphatic carbocycles. The average Bonchev–Trinajstić information content (AvgIpc) is 2.94. The first-order valence-electron chi connectivity index (χ1n) is 9.55. The van der Waals surface area contributed by atoms with Crippen molar-refractivity contribution in [2.24, 2.45) is 0 Å². The van der Waals surface area contributed by atoms with E-state index in [1.54, 1.807) is 4.68 Å². The van der Waals surface area contributed by atoms with Crippen molar-refractivity contribution in [2.75, 3.05) is 11.1 Å². The number of carbonyl (C=O) groups is 1. The minimum Gasteiger partial charge on any atom is -0.489 e. The zero-order valence-electron chi connectivity index (χ0n) is 16.3. The molecule has 1 aromatic heterocycles. The van der Waals surface area contributed by atoms with Crippen LogP contribution in [0.4, 0.5) is 5.82 Å². The second-order valence-electron chi connectivity index (χ2n) is 7.25. The van der Waals surface area contributed by atoms with E-state index in [-0.39, 0.29) is 22.8 Å². The molecule has 4 rings (SSSR count). The third kappa shape index (κ3) is 4.10. The predicted molar refractivity (Wildman–Crippen MR) is 116 cm³/mol. The lowest BCUT2D eigenvalue weighted by Crippen LogP contribution is -2.17. The third-order valence-electron chi connectivity index (χ3n) is 4.81. The highest BCUT2D eigenvalue weighted by atomic mass is 32.2. The van der Waals surface area contributed by atoms with Crippen LogP contribution in [0.3, 0.4) is 0 Å². The Bertz CT molecular complexity index is 1060. The Kier molecular flexibility index (Phi) is 5.49. The van der Waals surface area contributed by atoms with E-state index in [0.29, 0.717) is 23.7 Å². The number of nitrogens with one attached hydrogen (secondary N) is 2. The number of hydrogen-bond donors (Lipinski definition) is 2. The molecule has 1 amide bonds. The topological polar surface area (TPSA) is 76.1 Å². The number of carbonyl (C=O) groups excluding carboxylic acids is 1. The molecule has 2 aromatic carbocycles. The van der Waals surface area contributed by atoms with E-state index in [2.05, 4.69) is 10.4 Å². The first-order chi connectivity index (χ1) is 14.0. The maximum absolute atomic E-state index is 12.7. The lowest BCUT2D eigenvalue weighted by Gasteiger charge is -2.15. The summed E-state index contributed by atoms with van der Waals surface area (Å²) >= 11 is 1.46. The number of amides is 1. The lowest BCUT2D eigenvalue weighted by molar-refractivity contribution is -0.113. The molecule has 1 atom stereocenters. The number of H-pyrrole nitrogens is 1. The molecule has 0 radical (unpaired) electrons. The molecular weight excluding hydrogens is 386 g/mol. The van der Waals surface area contributed by atoms with Crippen LogP contribution >= 0.6 is 11.8 Å². The van der Waals surface area contributed by atoms with Gasteiger partial charge in [0.15, 0.2) is 0 Å². The molecule has 0 saturated carbocycles. The number of hydrogen-bond acceptors (Lipinski definition) is 4. The number of nitrogens with zero attached hydrogens (tertiary/aromatic N) is 1. The second kappa shape index (κ2) is 8.21. The first-order valence-corrected chi connectivity index (χ1v) is 10.6. The summed E-state index contributed by atoms with van der Waals surface area (Å²) in [6, 6.07) is 17.8. The van der Waals surface area contributed by atoms with E-state index < -0.39 is 0 Å². The van der Waals surface area contributed by atoms with Crippen LogP contribution in [-0.2, 0) is 11.4 Å². The lowest BCUT2D eigenvalue weighted by atomic mass is 10.1. The van der Waals surface area contributed by atoms with Crippen molar-refractivity contribution in [2.45, 2.75) is 31.7 Å². The molecule has 1 aliphatic heterocycles. The van der Waals surface area contributed by atoms with Gasteiger partial charge in [0, 0.05) is 6.04 Å². The summed E-state index contributed by atoms with van der Waals surface area (Å²) in [5.74, 6) is 1.52. The number of ether oxygens (including phenoxy) is 1. The summed E-state index contributed by atoms with van der Waals surface area (Å²) in [6.45, 7) is 4.43. The van der Waals surface area contributed by atoms with E-state index in [0.717, 1.165) is 16.9 Å². The van der Waals surface area contributed by atoms with Crippen LogP contribution < -0.4 is 15.6 Å². The molecule has 2 N–H and O–H groups in total. The van der Waals surface area contributed by atoms with Gasteiger partial charge in [-0.3, -0.25) is 19.4 Å². The first kappa shape index (κ1) is 19.4. The summed E-state index contributed by atoms with van der Waals surface area (Å²) in [6.07, 6.45) is 0. The average molecular weight is 410 g/mol. The molecule has 2 heterocycles. The largest absolute Gasteiger partial charge is 0.489 e. The summed E-state index contributed by atoms with van der Waals surface area (Å²) in [5, 5.41) is 5.52. The van der Waals surface area contributed by atoms with Crippen LogP contribution in [0.25, 0.3) is 0 Å². The Hall–Kier alpha value is -2.93. The monoisotopic (exact) mass is 409 g/mol. The van der Waals surface area contributed by atoms with Crippen molar-refractivity contribution in [3.63, 3.8) is 0 Å². The van der Waals surface area contributed by atoms with Gasteiger partial charge in [0.1, 0.15) is 18.2 Å². The van der Waals surface area contributed by atoms with Gasteiger partial charge in [0.05, 0.1) is 16.6 Å². The molecular formula is C22H23N3O3S. The molecule has 1 aliphatic rings. The van der Waals surface area contributed by atoms with Crippen molar-refractivity contribution < 1.29 is 9.53 Å².